The Morgan fingerprint density at radius 2 is 1.75 bits per heavy atom. The first-order chi connectivity index (χ1) is 9.74. The zero-order chi connectivity index (χ0) is 14.2. The summed E-state index contributed by atoms with van der Waals surface area (Å²) in [5.41, 5.74) is 0. The number of nitrogens with one attached hydrogen (secondary N) is 1. The second-order valence-corrected chi connectivity index (χ2v) is 6.34. The van der Waals surface area contributed by atoms with Crippen molar-refractivity contribution in [2.24, 2.45) is 0 Å². The smallest absolute Gasteiger partial charge is 0.284 e. The number of thioether (sulfide) groups is 1. The molecule has 20 heavy (non-hydrogen) atoms. The van der Waals surface area contributed by atoms with Crippen LogP contribution in [0.5, 0.6) is 0 Å². The topological polar surface area (TPSA) is 25.2 Å². The molecule has 0 saturated heterocycles. The lowest BCUT2D eigenvalue weighted by Gasteiger charge is -2.20. The Bertz CT molecular complexity index is 376. The molecule has 1 N–H and O–H groups in total. The highest BCUT2D eigenvalue weighted by molar-refractivity contribution is 7.98. The van der Waals surface area contributed by atoms with Crippen molar-refractivity contribution in [2.45, 2.75) is 69.0 Å². The molecule has 0 atom stereocenters. The summed E-state index contributed by atoms with van der Waals surface area (Å²) < 4.78 is 29.8. The Labute approximate surface area is 123 Å². The molecule has 1 saturated carbocycles. The zero-order valence-corrected chi connectivity index (χ0v) is 12.6. The van der Waals surface area contributed by atoms with Gasteiger partial charge in [0.05, 0.1) is 12.3 Å². The van der Waals surface area contributed by atoms with E-state index in [2.05, 4.69) is 5.32 Å². The minimum atomic E-state index is -2.34. The van der Waals surface area contributed by atoms with Gasteiger partial charge in [0.25, 0.3) is 5.76 Å². The largest absolute Gasteiger partial charge is 0.464 e. The monoisotopic (exact) mass is 303 g/mol. The Balaban J connectivity index is 1.72. The molecule has 0 unspecified atom stereocenters. The van der Waals surface area contributed by atoms with E-state index in [0.29, 0.717) is 30.1 Å². The quantitative estimate of drug-likeness (QED) is 0.806. The van der Waals surface area contributed by atoms with Crippen LogP contribution >= 0.6 is 11.8 Å². The summed E-state index contributed by atoms with van der Waals surface area (Å²) in [7, 11) is 0. The molecule has 114 valence electrons. The van der Waals surface area contributed by atoms with E-state index in [1.165, 1.54) is 44.9 Å². The fourth-order valence-corrected chi connectivity index (χ4v) is 3.09. The molecule has 1 fully saturated rings. The van der Waals surface area contributed by atoms with Crippen LogP contribution < -0.4 is 5.32 Å². The second kappa shape index (κ2) is 8.67. The maximum absolute atomic E-state index is 12.1. The lowest BCUT2D eigenvalue weighted by molar-refractivity contribution is 0.251. The Morgan fingerprint density at radius 3 is 2.45 bits per heavy atom. The molecule has 5 heteroatoms. The molecule has 2 nitrogen and oxygen atoms in total. The molecule has 1 aliphatic rings. The van der Waals surface area contributed by atoms with Gasteiger partial charge in [0.1, 0.15) is 11.5 Å². The number of hydrogen-bond acceptors (Lipinski definition) is 3. The normalized spacial score (nSPS) is 18.1. The fraction of sp³-hybridized carbons (Fsp3) is 0.733. The molecular weight excluding hydrogens is 280 g/mol. The molecule has 2 rings (SSSR count). The second-order valence-electron chi connectivity index (χ2n) is 5.36. The van der Waals surface area contributed by atoms with E-state index in [1.807, 2.05) is 6.07 Å². The van der Waals surface area contributed by atoms with Gasteiger partial charge < -0.3 is 9.73 Å². The Hall–Kier alpha value is -0.550. The average molecular weight is 303 g/mol. The third-order valence-electron chi connectivity index (χ3n) is 3.74. The number of alkyl halides is 2. The van der Waals surface area contributed by atoms with E-state index in [4.69, 9.17) is 4.42 Å². The lowest BCUT2D eigenvalue weighted by atomic mass is 9.97. The van der Waals surface area contributed by atoms with Gasteiger partial charge in [0.15, 0.2) is 0 Å². The van der Waals surface area contributed by atoms with E-state index >= 15 is 0 Å². The first kappa shape index (κ1) is 15.8. The van der Waals surface area contributed by atoms with Crippen molar-refractivity contribution in [3.8, 4) is 0 Å². The van der Waals surface area contributed by atoms with Gasteiger partial charge in [0.2, 0.25) is 0 Å². The molecule has 1 aliphatic carbocycles. The van der Waals surface area contributed by atoms with Crippen molar-refractivity contribution in [3.63, 3.8) is 0 Å². The van der Waals surface area contributed by atoms with Gasteiger partial charge in [-0.2, -0.15) is 8.78 Å². The van der Waals surface area contributed by atoms with Gasteiger partial charge in [0, 0.05) is 6.04 Å². The van der Waals surface area contributed by atoms with E-state index in [0.717, 1.165) is 5.76 Å². The predicted octanol–water partition coefficient (Wildman–Crippen LogP) is 4.94. The van der Waals surface area contributed by atoms with E-state index < -0.39 is 5.76 Å². The fourth-order valence-electron chi connectivity index (χ4n) is 2.65. The lowest BCUT2D eigenvalue weighted by Crippen LogP contribution is -2.29. The molecule has 0 radical (unpaired) electrons. The van der Waals surface area contributed by atoms with Gasteiger partial charge in [-0.05, 0) is 25.0 Å². The number of halogens is 2. The molecule has 0 amide bonds. The van der Waals surface area contributed by atoms with Gasteiger partial charge in [-0.3, -0.25) is 0 Å². The molecule has 0 aliphatic heterocycles. The van der Waals surface area contributed by atoms with Crippen LogP contribution in [0, 0.1) is 0 Å². The highest BCUT2D eigenvalue weighted by atomic mass is 32.2. The maximum Gasteiger partial charge on any atom is 0.284 e. The van der Waals surface area contributed by atoms with Crippen LogP contribution in [-0.4, -0.2) is 11.8 Å². The van der Waals surface area contributed by atoms with Gasteiger partial charge in [-0.15, -0.1) is 0 Å². The zero-order valence-electron chi connectivity index (χ0n) is 11.7. The van der Waals surface area contributed by atoms with E-state index in [-0.39, 0.29) is 5.75 Å². The van der Waals surface area contributed by atoms with Crippen molar-refractivity contribution in [2.75, 3.05) is 0 Å². The third-order valence-corrected chi connectivity index (χ3v) is 4.44. The molecule has 1 aromatic rings. The van der Waals surface area contributed by atoms with Crippen molar-refractivity contribution in [3.05, 3.63) is 23.7 Å². The van der Waals surface area contributed by atoms with Crippen LogP contribution in [-0.2, 0) is 12.3 Å². The average Bonchev–Trinajstić information content (AvgIpc) is 2.83. The minimum Gasteiger partial charge on any atom is -0.464 e. The Morgan fingerprint density at radius 1 is 1.10 bits per heavy atom. The molecule has 1 heterocycles. The summed E-state index contributed by atoms with van der Waals surface area (Å²) in [6.45, 7) is 0.698. The van der Waals surface area contributed by atoms with Crippen LogP contribution in [0.3, 0.4) is 0 Å². The summed E-state index contributed by atoms with van der Waals surface area (Å²) >= 11 is 0.601. The maximum atomic E-state index is 12.1. The van der Waals surface area contributed by atoms with Crippen LogP contribution in [0.1, 0.15) is 56.5 Å². The van der Waals surface area contributed by atoms with E-state index in [1.54, 1.807) is 6.07 Å². The van der Waals surface area contributed by atoms with E-state index in [9.17, 15) is 8.78 Å². The molecule has 0 bridgehead atoms. The summed E-state index contributed by atoms with van der Waals surface area (Å²) in [6.07, 6.45) is 9.11. The van der Waals surface area contributed by atoms with Gasteiger partial charge in [-0.25, -0.2) is 0 Å². The van der Waals surface area contributed by atoms with Gasteiger partial charge in [-0.1, -0.05) is 43.9 Å². The third kappa shape index (κ3) is 5.83. The summed E-state index contributed by atoms with van der Waals surface area (Å²) in [4.78, 5) is 0. The highest BCUT2D eigenvalue weighted by Gasteiger charge is 2.12. The van der Waals surface area contributed by atoms with Crippen LogP contribution in [0.15, 0.2) is 16.5 Å². The molecule has 0 spiro atoms. The first-order valence-electron chi connectivity index (χ1n) is 7.45. The Kier molecular flexibility index (Phi) is 6.87. The van der Waals surface area contributed by atoms with Crippen molar-refractivity contribution in [1.82, 2.24) is 5.32 Å². The molecule has 0 aromatic carbocycles. The predicted molar refractivity (Wildman–Crippen MR) is 79.0 cm³/mol. The number of hydrogen-bond donors (Lipinski definition) is 1. The SMILES string of the molecule is FC(F)SCc1ccc(CNC2CCCCCCC2)o1. The molecule has 1 aromatic heterocycles. The standard InChI is InChI=1S/C15H23F2NOS/c16-15(17)20-11-14-9-8-13(19-14)10-18-12-6-4-2-1-3-5-7-12/h8-9,12,15,18H,1-7,10-11H2. The highest BCUT2D eigenvalue weighted by Crippen LogP contribution is 2.22. The van der Waals surface area contributed by atoms with Gasteiger partial charge >= 0.3 is 0 Å². The first-order valence-corrected chi connectivity index (χ1v) is 8.49. The summed E-state index contributed by atoms with van der Waals surface area (Å²) in [6, 6.07) is 4.25. The summed E-state index contributed by atoms with van der Waals surface area (Å²) in [5.74, 6) is -0.625. The minimum absolute atomic E-state index is 0.237. The van der Waals surface area contributed by atoms with Crippen LogP contribution in [0.4, 0.5) is 8.78 Å². The number of rotatable bonds is 6. The van der Waals surface area contributed by atoms with Crippen molar-refractivity contribution < 1.29 is 13.2 Å². The molecular formula is C15H23F2NOS. The van der Waals surface area contributed by atoms with Crippen LogP contribution in [0.2, 0.25) is 0 Å². The summed E-state index contributed by atoms with van der Waals surface area (Å²) in [5, 5.41) is 3.54. The number of furan rings is 1. The van der Waals surface area contributed by atoms with Crippen molar-refractivity contribution in [1.29, 1.82) is 0 Å². The van der Waals surface area contributed by atoms with Crippen LogP contribution in [0.25, 0.3) is 0 Å². The van der Waals surface area contributed by atoms with Crippen molar-refractivity contribution >= 4 is 11.8 Å².